The Bertz CT molecular complexity index is 433. The molecule has 1 unspecified atom stereocenters. The maximum Gasteiger partial charge on any atom is 0.416 e. The molecule has 1 aromatic rings. The molecule has 0 heterocycles. The molecule has 0 spiro atoms. The van der Waals surface area contributed by atoms with Crippen molar-refractivity contribution in [3.05, 3.63) is 35.4 Å². The summed E-state index contributed by atoms with van der Waals surface area (Å²) in [5.41, 5.74) is -0.915. The number of alkyl halides is 3. The standard InChI is InChI=1S/C14H20F3NO2/c1-13(2,20-3)9-18-8-12(19)10-5-4-6-11(7-10)14(15,16)17/h4-7,12,18-19H,8-9H2,1-3H3. The van der Waals surface area contributed by atoms with E-state index in [-0.39, 0.29) is 12.1 Å². The summed E-state index contributed by atoms with van der Waals surface area (Å²) in [7, 11) is 1.57. The van der Waals surface area contributed by atoms with Crippen molar-refractivity contribution in [2.45, 2.75) is 31.7 Å². The molecule has 1 aromatic carbocycles. The van der Waals surface area contributed by atoms with Crippen LogP contribution in [0.1, 0.15) is 31.1 Å². The Morgan fingerprint density at radius 2 is 1.95 bits per heavy atom. The number of aliphatic hydroxyl groups excluding tert-OH is 1. The van der Waals surface area contributed by atoms with Crippen molar-refractivity contribution in [3.63, 3.8) is 0 Å². The molecule has 0 saturated carbocycles. The molecule has 0 bridgehead atoms. The van der Waals surface area contributed by atoms with Crippen LogP contribution in [0.3, 0.4) is 0 Å². The van der Waals surface area contributed by atoms with Crippen molar-refractivity contribution in [2.24, 2.45) is 0 Å². The second-order valence-electron chi connectivity index (χ2n) is 5.23. The van der Waals surface area contributed by atoms with Crippen LogP contribution < -0.4 is 5.32 Å². The largest absolute Gasteiger partial charge is 0.416 e. The summed E-state index contributed by atoms with van der Waals surface area (Å²) in [4.78, 5) is 0. The highest BCUT2D eigenvalue weighted by Crippen LogP contribution is 2.30. The minimum Gasteiger partial charge on any atom is -0.387 e. The summed E-state index contributed by atoms with van der Waals surface area (Å²) in [6, 6.07) is 4.72. The molecular weight excluding hydrogens is 271 g/mol. The van der Waals surface area contributed by atoms with Crippen molar-refractivity contribution in [3.8, 4) is 0 Å². The van der Waals surface area contributed by atoms with E-state index in [0.717, 1.165) is 12.1 Å². The molecule has 0 radical (unpaired) electrons. The van der Waals surface area contributed by atoms with Gasteiger partial charge in [-0.3, -0.25) is 0 Å². The van der Waals surface area contributed by atoms with E-state index >= 15 is 0 Å². The fourth-order valence-electron chi connectivity index (χ4n) is 1.62. The van der Waals surface area contributed by atoms with E-state index in [0.29, 0.717) is 6.54 Å². The molecule has 2 N–H and O–H groups in total. The van der Waals surface area contributed by atoms with Crippen LogP contribution in [-0.2, 0) is 10.9 Å². The molecule has 114 valence electrons. The first kappa shape index (κ1) is 16.9. The molecule has 0 aromatic heterocycles. The second kappa shape index (κ2) is 6.56. The number of hydrogen-bond donors (Lipinski definition) is 2. The molecule has 20 heavy (non-hydrogen) atoms. The van der Waals surface area contributed by atoms with Gasteiger partial charge in [0.2, 0.25) is 0 Å². The van der Waals surface area contributed by atoms with E-state index in [1.807, 2.05) is 13.8 Å². The Morgan fingerprint density at radius 3 is 2.50 bits per heavy atom. The van der Waals surface area contributed by atoms with Gasteiger partial charge in [0.15, 0.2) is 0 Å². The Labute approximate surface area is 116 Å². The first-order valence-corrected chi connectivity index (χ1v) is 6.27. The number of hydrogen-bond acceptors (Lipinski definition) is 3. The first-order valence-electron chi connectivity index (χ1n) is 6.27. The zero-order valence-corrected chi connectivity index (χ0v) is 11.8. The van der Waals surface area contributed by atoms with Crippen LogP contribution in [-0.4, -0.2) is 30.9 Å². The van der Waals surface area contributed by atoms with E-state index in [2.05, 4.69) is 5.32 Å². The topological polar surface area (TPSA) is 41.5 Å². The van der Waals surface area contributed by atoms with Crippen LogP contribution >= 0.6 is 0 Å². The number of ether oxygens (including phenoxy) is 1. The molecule has 0 aliphatic rings. The maximum atomic E-state index is 12.6. The number of nitrogens with one attached hydrogen (secondary N) is 1. The van der Waals surface area contributed by atoms with Gasteiger partial charge in [0.1, 0.15) is 0 Å². The van der Waals surface area contributed by atoms with Crippen molar-refractivity contribution >= 4 is 0 Å². The third kappa shape index (κ3) is 5.11. The lowest BCUT2D eigenvalue weighted by Crippen LogP contribution is -2.38. The summed E-state index contributed by atoms with van der Waals surface area (Å²) in [6.07, 6.45) is -5.40. The number of benzene rings is 1. The van der Waals surface area contributed by atoms with Crippen LogP contribution in [0, 0.1) is 0 Å². The Morgan fingerprint density at radius 1 is 1.30 bits per heavy atom. The zero-order chi connectivity index (χ0) is 15.4. The molecule has 3 nitrogen and oxygen atoms in total. The van der Waals surface area contributed by atoms with Gasteiger partial charge in [-0.25, -0.2) is 0 Å². The van der Waals surface area contributed by atoms with Crippen LogP contribution in [0.15, 0.2) is 24.3 Å². The molecule has 0 aliphatic heterocycles. The fourth-order valence-corrected chi connectivity index (χ4v) is 1.62. The number of methoxy groups -OCH3 is 1. The van der Waals surface area contributed by atoms with Gasteiger partial charge in [0.05, 0.1) is 17.3 Å². The lowest BCUT2D eigenvalue weighted by Gasteiger charge is -2.24. The number of aliphatic hydroxyl groups is 1. The minimum absolute atomic E-state index is 0.161. The summed E-state index contributed by atoms with van der Waals surface area (Å²) in [5, 5.41) is 12.9. The van der Waals surface area contributed by atoms with Gasteiger partial charge < -0.3 is 15.2 Å². The zero-order valence-electron chi connectivity index (χ0n) is 11.8. The molecule has 0 fully saturated rings. The van der Waals surface area contributed by atoms with E-state index in [4.69, 9.17) is 4.74 Å². The fraction of sp³-hybridized carbons (Fsp3) is 0.571. The average Bonchev–Trinajstić information content (AvgIpc) is 2.37. The highest BCUT2D eigenvalue weighted by atomic mass is 19.4. The highest BCUT2D eigenvalue weighted by Gasteiger charge is 2.30. The van der Waals surface area contributed by atoms with Gasteiger partial charge in [-0.2, -0.15) is 13.2 Å². The molecule has 0 saturated heterocycles. The van der Waals surface area contributed by atoms with Crippen molar-refractivity contribution in [1.82, 2.24) is 5.32 Å². The summed E-state index contributed by atoms with van der Waals surface area (Å²) in [6.45, 7) is 4.39. The monoisotopic (exact) mass is 291 g/mol. The first-order chi connectivity index (χ1) is 9.15. The van der Waals surface area contributed by atoms with Gasteiger partial charge in [-0.05, 0) is 31.5 Å². The van der Waals surface area contributed by atoms with Crippen LogP contribution in [0.5, 0.6) is 0 Å². The molecule has 1 atom stereocenters. The highest BCUT2D eigenvalue weighted by molar-refractivity contribution is 5.27. The van der Waals surface area contributed by atoms with Crippen molar-refractivity contribution in [1.29, 1.82) is 0 Å². The SMILES string of the molecule is COC(C)(C)CNCC(O)c1cccc(C(F)(F)F)c1. The van der Waals surface area contributed by atoms with E-state index in [9.17, 15) is 18.3 Å². The van der Waals surface area contributed by atoms with E-state index < -0.39 is 23.4 Å². The van der Waals surface area contributed by atoms with Gasteiger partial charge in [-0.15, -0.1) is 0 Å². The Hall–Kier alpha value is -1.11. The van der Waals surface area contributed by atoms with Crippen molar-refractivity contribution in [2.75, 3.05) is 20.2 Å². The van der Waals surface area contributed by atoms with E-state index in [1.54, 1.807) is 7.11 Å². The Kier molecular flexibility index (Phi) is 5.56. The predicted octanol–water partition coefficient (Wildman–Crippen LogP) is 2.75. The van der Waals surface area contributed by atoms with Crippen LogP contribution in [0.2, 0.25) is 0 Å². The number of halogens is 3. The molecule has 1 rings (SSSR count). The quantitative estimate of drug-likeness (QED) is 0.847. The maximum absolute atomic E-state index is 12.6. The van der Waals surface area contributed by atoms with Crippen molar-refractivity contribution < 1.29 is 23.0 Å². The van der Waals surface area contributed by atoms with Crippen LogP contribution in [0.4, 0.5) is 13.2 Å². The van der Waals surface area contributed by atoms with Gasteiger partial charge in [0, 0.05) is 20.2 Å². The predicted molar refractivity (Wildman–Crippen MR) is 70.4 cm³/mol. The number of rotatable bonds is 6. The summed E-state index contributed by atoms with van der Waals surface area (Å²) in [5.74, 6) is 0. The second-order valence-corrected chi connectivity index (χ2v) is 5.23. The summed E-state index contributed by atoms with van der Waals surface area (Å²) < 4.78 is 42.9. The lowest BCUT2D eigenvalue weighted by molar-refractivity contribution is -0.137. The Balaban J connectivity index is 2.62. The third-order valence-corrected chi connectivity index (χ3v) is 3.04. The van der Waals surface area contributed by atoms with Crippen LogP contribution in [0.25, 0.3) is 0 Å². The van der Waals surface area contributed by atoms with Gasteiger partial charge >= 0.3 is 6.18 Å². The van der Waals surface area contributed by atoms with Gasteiger partial charge in [0.25, 0.3) is 0 Å². The average molecular weight is 291 g/mol. The summed E-state index contributed by atoms with van der Waals surface area (Å²) >= 11 is 0. The third-order valence-electron chi connectivity index (χ3n) is 3.04. The lowest BCUT2D eigenvalue weighted by atomic mass is 10.1. The normalized spacial score (nSPS) is 14.3. The smallest absolute Gasteiger partial charge is 0.387 e. The van der Waals surface area contributed by atoms with Gasteiger partial charge in [-0.1, -0.05) is 12.1 Å². The molecule has 0 aliphatic carbocycles. The minimum atomic E-state index is -4.40. The molecular formula is C14H20F3NO2. The molecule has 0 amide bonds. The molecule has 6 heteroatoms. The van der Waals surface area contributed by atoms with E-state index in [1.165, 1.54) is 12.1 Å².